The molecule has 0 heterocycles. The van der Waals surface area contributed by atoms with Crippen LogP contribution < -0.4 is 4.90 Å². The van der Waals surface area contributed by atoms with Gasteiger partial charge in [-0.1, -0.05) is 12.1 Å². The molecule has 0 aliphatic heterocycles. The van der Waals surface area contributed by atoms with Crippen LogP contribution in [0.5, 0.6) is 0 Å². The van der Waals surface area contributed by atoms with Crippen LogP contribution in [0.3, 0.4) is 0 Å². The van der Waals surface area contributed by atoms with Crippen LogP contribution in [0.1, 0.15) is 10.4 Å². The summed E-state index contributed by atoms with van der Waals surface area (Å²) in [5.41, 5.74) is 0.0848. The molecule has 0 bridgehead atoms. The van der Waals surface area contributed by atoms with Gasteiger partial charge in [-0.3, -0.25) is 0 Å². The molecule has 1 N–H and O–H groups in total. The van der Waals surface area contributed by atoms with Crippen molar-refractivity contribution in [3.8, 4) is 0 Å². The number of hydrogen-bond donors (Lipinski definition) is 1. The predicted molar refractivity (Wildman–Crippen MR) is 75.5 cm³/mol. The average Bonchev–Trinajstić information content (AvgIpc) is 2.41. The lowest BCUT2D eigenvalue weighted by molar-refractivity contribution is 0.0695. The molecule has 20 heavy (non-hydrogen) atoms. The van der Waals surface area contributed by atoms with Crippen LogP contribution in [0.25, 0.3) is 0 Å². The zero-order chi connectivity index (χ0) is 14.9. The van der Waals surface area contributed by atoms with Gasteiger partial charge in [0.25, 0.3) is 0 Å². The van der Waals surface area contributed by atoms with Gasteiger partial charge in [0.2, 0.25) is 0 Å². The van der Waals surface area contributed by atoms with Gasteiger partial charge in [-0.05, 0) is 40.2 Å². The van der Waals surface area contributed by atoms with Gasteiger partial charge in [0.1, 0.15) is 5.82 Å². The Kier molecular flexibility index (Phi) is 4.04. The summed E-state index contributed by atoms with van der Waals surface area (Å²) >= 11 is 2.91. The first kappa shape index (κ1) is 14.5. The van der Waals surface area contributed by atoms with Gasteiger partial charge in [0.15, 0.2) is 5.82 Å². The number of benzene rings is 2. The normalized spacial score (nSPS) is 10.4. The van der Waals surface area contributed by atoms with E-state index in [1.165, 1.54) is 42.3 Å². The fourth-order valence-electron chi connectivity index (χ4n) is 1.82. The summed E-state index contributed by atoms with van der Waals surface area (Å²) in [4.78, 5) is 12.2. The van der Waals surface area contributed by atoms with Crippen molar-refractivity contribution in [2.45, 2.75) is 0 Å². The minimum atomic E-state index is -1.24. The second-order valence-corrected chi connectivity index (χ2v) is 4.87. The monoisotopic (exact) mass is 341 g/mol. The van der Waals surface area contributed by atoms with Gasteiger partial charge in [0, 0.05) is 7.05 Å². The Bertz CT molecular complexity index is 676. The van der Waals surface area contributed by atoms with Gasteiger partial charge >= 0.3 is 5.97 Å². The zero-order valence-corrected chi connectivity index (χ0v) is 12.0. The Morgan fingerprint density at radius 3 is 2.40 bits per heavy atom. The Hall–Kier alpha value is -1.95. The first-order valence-electron chi connectivity index (χ1n) is 5.63. The minimum Gasteiger partial charge on any atom is -0.478 e. The number of anilines is 2. The smallest absolute Gasteiger partial charge is 0.336 e. The number of para-hydroxylation sites is 1. The van der Waals surface area contributed by atoms with Crippen molar-refractivity contribution in [1.82, 2.24) is 0 Å². The number of halogens is 3. The maximum atomic E-state index is 14.2. The van der Waals surface area contributed by atoms with Crippen LogP contribution >= 0.6 is 15.9 Å². The molecule has 0 aliphatic rings. The van der Waals surface area contributed by atoms with E-state index in [0.717, 1.165) is 0 Å². The molecule has 2 aromatic carbocycles. The van der Waals surface area contributed by atoms with Crippen molar-refractivity contribution in [3.63, 3.8) is 0 Å². The Balaban J connectivity index is 2.52. The largest absolute Gasteiger partial charge is 0.478 e. The SMILES string of the molecule is CN(c1ccccc1F)c1ccc(C(=O)O)c(Br)c1F. The molecule has 0 saturated carbocycles. The molecular formula is C14H10BrF2NO2. The molecule has 0 atom stereocenters. The molecule has 0 unspecified atom stereocenters. The summed E-state index contributed by atoms with van der Waals surface area (Å²) in [7, 11) is 1.50. The van der Waals surface area contributed by atoms with E-state index in [0.29, 0.717) is 0 Å². The summed E-state index contributed by atoms with van der Waals surface area (Å²) < 4.78 is 27.8. The number of carboxylic acid groups (broad SMARTS) is 1. The molecular weight excluding hydrogens is 332 g/mol. The second kappa shape index (κ2) is 5.58. The fourth-order valence-corrected chi connectivity index (χ4v) is 2.32. The first-order chi connectivity index (χ1) is 9.43. The highest BCUT2D eigenvalue weighted by Crippen LogP contribution is 2.33. The van der Waals surface area contributed by atoms with Gasteiger partial charge in [-0.2, -0.15) is 0 Å². The standard InChI is InChI=1S/C14H10BrF2NO2/c1-18(10-5-3-2-4-9(10)16)11-7-6-8(14(19)20)12(15)13(11)17/h2-7H,1H3,(H,19,20). The van der Waals surface area contributed by atoms with Crippen molar-refractivity contribution in [2.75, 3.05) is 11.9 Å². The van der Waals surface area contributed by atoms with E-state index in [1.807, 2.05) is 0 Å². The maximum absolute atomic E-state index is 14.2. The van der Waals surface area contributed by atoms with E-state index >= 15 is 0 Å². The van der Waals surface area contributed by atoms with E-state index in [9.17, 15) is 13.6 Å². The van der Waals surface area contributed by atoms with E-state index in [4.69, 9.17) is 5.11 Å². The van der Waals surface area contributed by atoms with Crippen LogP contribution in [-0.4, -0.2) is 18.1 Å². The highest BCUT2D eigenvalue weighted by molar-refractivity contribution is 9.10. The lowest BCUT2D eigenvalue weighted by Crippen LogP contribution is -2.14. The van der Waals surface area contributed by atoms with E-state index in [1.54, 1.807) is 6.07 Å². The lowest BCUT2D eigenvalue weighted by Gasteiger charge is -2.21. The number of carbonyl (C=O) groups is 1. The van der Waals surface area contributed by atoms with Gasteiger partial charge in [-0.25, -0.2) is 13.6 Å². The Morgan fingerprint density at radius 2 is 1.80 bits per heavy atom. The maximum Gasteiger partial charge on any atom is 0.336 e. The highest BCUT2D eigenvalue weighted by atomic mass is 79.9. The van der Waals surface area contributed by atoms with Crippen LogP contribution in [0, 0.1) is 11.6 Å². The molecule has 0 amide bonds. The molecule has 2 aromatic rings. The molecule has 0 saturated heterocycles. The summed E-state index contributed by atoms with van der Waals surface area (Å²) in [5.74, 6) is -2.49. The lowest BCUT2D eigenvalue weighted by atomic mass is 10.1. The fraction of sp³-hybridized carbons (Fsp3) is 0.0714. The first-order valence-corrected chi connectivity index (χ1v) is 6.42. The molecule has 0 fully saturated rings. The van der Waals surface area contributed by atoms with Crippen molar-refractivity contribution >= 4 is 33.3 Å². The third-order valence-corrected chi connectivity index (χ3v) is 3.64. The number of hydrogen-bond acceptors (Lipinski definition) is 2. The third-order valence-electron chi connectivity index (χ3n) is 2.87. The van der Waals surface area contributed by atoms with E-state index in [2.05, 4.69) is 15.9 Å². The van der Waals surface area contributed by atoms with Crippen molar-refractivity contribution in [1.29, 1.82) is 0 Å². The summed E-state index contributed by atoms with van der Waals surface area (Å²) in [6.07, 6.45) is 0. The van der Waals surface area contributed by atoms with Gasteiger partial charge < -0.3 is 10.0 Å². The summed E-state index contributed by atoms with van der Waals surface area (Å²) in [6.45, 7) is 0. The molecule has 0 spiro atoms. The number of nitrogens with zero attached hydrogens (tertiary/aromatic N) is 1. The van der Waals surface area contributed by atoms with Crippen LogP contribution in [0.15, 0.2) is 40.9 Å². The topological polar surface area (TPSA) is 40.5 Å². The highest BCUT2D eigenvalue weighted by Gasteiger charge is 2.19. The van der Waals surface area contributed by atoms with Crippen LogP contribution in [-0.2, 0) is 0 Å². The van der Waals surface area contributed by atoms with Crippen LogP contribution in [0.2, 0.25) is 0 Å². The minimum absolute atomic E-state index is 0.0759. The molecule has 0 radical (unpaired) electrons. The molecule has 2 rings (SSSR count). The average molecular weight is 342 g/mol. The number of aromatic carboxylic acids is 1. The van der Waals surface area contributed by atoms with Crippen molar-refractivity contribution in [2.24, 2.45) is 0 Å². The molecule has 6 heteroatoms. The summed E-state index contributed by atoms with van der Waals surface area (Å²) in [5, 5.41) is 8.91. The third kappa shape index (κ3) is 2.51. The number of carboxylic acids is 1. The predicted octanol–water partition coefficient (Wildman–Crippen LogP) is 4.19. The quantitative estimate of drug-likeness (QED) is 0.909. The van der Waals surface area contributed by atoms with Crippen LogP contribution in [0.4, 0.5) is 20.2 Å². The van der Waals surface area contributed by atoms with Crippen molar-refractivity contribution < 1.29 is 18.7 Å². The van der Waals surface area contributed by atoms with E-state index in [-0.39, 0.29) is 21.4 Å². The Morgan fingerprint density at radius 1 is 1.15 bits per heavy atom. The molecule has 0 aliphatic carbocycles. The van der Waals surface area contributed by atoms with Crippen molar-refractivity contribution in [3.05, 3.63) is 58.1 Å². The Labute approximate surface area is 122 Å². The van der Waals surface area contributed by atoms with Gasteiger partial charge in [-0.15, -0.1) is 0 Å². The second-order valence-electron chi connectivity index (χ2n) is 4.08. The van der Waals surface area contributed by atoms with Gasteiger partial charge in [0.05, 0.1) is 21.4 Å². The molecule has 3 nitrogen and oxygen atoms in total. The molecule has 0 aromatic heterocycles. The van der Waals surface area contributed by atoms with E-state index < -0.39 is 17.6 Å². The zero-order valence-electron chi connectivity index (χ0n) is 10.4. The summed E-state index contributed by atoms with van der Waals surface area (Å²) in [6, 6.07) is 8.51. The number of rotatable bonds is 3. The molecule has 104 valence electrons.